The highest BCUT2D eigenvalue weighted by atomic mass is 16.3. The number of nitrogens with one attached hydrogen (secondary N) is 1. The number of nitrogens with zero attached hydrogens (tertiary/aromatic N) is 2. The van der Waals surface area contributed by atoms with Crippen molar-refractivity contribution in [3.05, 3.63) is 53.5 Å². The van der Waals surface area contributed by atoms with Crippen molar-refractivity contribution in [2.75, 3.05) is 31.5 Å². The van der Waals surface area contributed by atoms with E-state index in [4.69, 9.17) is 4.42 Å². The van der Waals surface area contributed by atoms with Gasteiger partial charge in [-0.05, 0) is 43.5 Å². The van der Waals surface area contributed by atoms with Crippen LogP contribution in [-0.2, 0) is 9.59 Å². The van der Waals surface area contributed by atoms with Crippen LogP contribution in [0.15, 0.2) is 41.0 Å². The van der Waals surface area contributed by atoms with Gasteiger partial charge in [-0.1, -0.05) is 18.2 Å². The number of hydrogen-bond acceptors (Lipinski definition) is 4. The number of benzene rings is 1. The van der Waals surface area contributed by atoms with Crippen LogP contribution in [0.5, 0.6) is 0 Å². The van der Waals surface area contributed by atoms with Crippen molar-refractivity contribution in [1.82, 2.24) is 9.80 Å². The van der Waals surface area contributed by atoms with Crippen LogP contribution in [0, 0.1) is 25.7 Å². The van der Waals surface area contributed by atoms with Gasteiger partial charge in [-0.2, -0.15) is 0 Å². The lowest BCUT2D eigenvalue weighted by molar-refractivity contribution is -0.135. The number of carbonyl (C=O) groups is 3. The van der Waals surface area contributed by atoms with Gasteiger partial charge in [0.25, 0.3) is 5.91 Å². The average Bonchev–Trinajstić information content (AvgIpc) is 3.34. The molecular formula is C22H25N3O4. The maximum absolute atomic E-state index is 12.8. The Morgan fingerprint density at radius 2 is 1.59 bits per heavy atom. The first-order chi connectivity index (χ1) is 14.0. The summed E-state index contributed by atoms with van der Waals surface area (Å²) < 4.78 is 5.16. The molecule has 1 aliphatic carbocycles. The van der Waals surface area contributed by atoms with Gasteiger partial charge in [-0.15, -0.1) is 0 Å². The van der Waals surface area contributed by atoms with Crippen molar-refractivity contribution in [1.29, 1.82) is 0 Å². The molecule has 7 nitrogen and oxygen atoms in total. The summed E-state index contributed by atoms with van der Waals surface area (Å²) in [4.78, 5) is 41.2. The Labute approximate surface area is 169 Å². The first-order valence-electron chi connectivity index (χ1n) is 9.94. The largest absolute Gasteiger partial charge is 0.459 e. The molecule has 4 rings (SSSR count). The molecule has 2 atom stereocenters. The third-order valence-electron chi connectivity index (χ3n) is 5.78. The summed E-state index contributed by atoms with van der Waals surface area (Å²) in [6.07, 6.45) is 2.06. The van der Waals surface area contributed by atoms with Crippen molar-refractivity contribution >= 4 is 23.4 Å². The first kappa shape index (κ1) is 19.2. The Kier molecular flexibility index (Phi) is 5.13. The van der Waals surface area contributed by atoms with Gasteiger partial charge in [0.2, 0.25) is 11.8 Å². The Bertz CT molecular complexity index is 909. The van der Waals surface area contributed by atoms with E-state index < -0.39 is 0 Å². The quantitative estimate of drug-likeness (QED) is 0.862. The first-order valence-corrected chi connectivity index (χ1v) is 9.94. The van der Waals surface area contributed by atoms with Gasteiger partial charge in [0, 0.05) is 31.9 Å². The minimum absolute atomic E-state index is 0.0109. The molecule has 2 unspecified atom stereocenters. The van der Waals surface area contributed by atoms with Crippen LogP contribution in [-0.4, -0.2) is 53.7 Å². The maximum atomic E-state index is 12.8. The number of para-hydroxylation sites is 1. The van der Waals surface area contributed by atoms with Crippen LogP contribution in [0.4, 0.5) is 5.69 Å². The Hall–Kier alpha value is -3.09. The molecule has 1 saturated carbocycles. The van der Waals surface area contributed by atoms with Gasteiger partial charge < -0.3 is 19.5 Å². The highest BCUT2D eigenvalue weighted by molar-refractivity contribution is 6.00. The molecule has 7 heteroatoms. The zero-order valence-corrected chi connectivity index (χ0v) is 16.7. The van der Waals surface area contributed by atoms with Crippen LogP contribution >= 0.6 is 0 Å². The highest BCUT2D eigenvalue weighted by Gasteiger charge is 2.50. The van der Waals surface area contributed by atoms with Gasteiger partial charge in [0.15, 0.2) is 5.76 Å². The number of anilines is 1. The van der Waals surface area contributed by atoms with Crippen LogP contribution < -0.4 is 5.32 Å². The summed E-state index contributed by atoms with van der Waals surface area (Å²) in [5, 5.41) is 2.99. The minimum Gasteiger partial charge on any atom is -0.459 e. The van der Waals surface area contributed by atoms with Gasteiger partial charge in [-0.25, -0.2) is 0 Å². The van der Waals surface area contributed by atoms with E-state index in [1.165, 1.54) is 6.26 Å². The van der Waals surface area contributed by atoms with Crippen LogP contribution in [0.25, 0.3) is 0 Å². The molecule has 1 aromatic heterocycles. The highest BCUT2D eigenvalue weighted by Crippen LogP contribution is 2.41. The fraction of sp³-hybridized carbons (Fsp3) is 0.409. The van der Waals surface area contributed by atoms with Crippen molar-refractivity contribution < 1.29 is 18.8 Å². The van der Waals surface area contributed by atoms with Crippen molar-refractivity contribution in [2.24, 2.45) is 11.8 Å². The van der Waals surface area contributed by atoms with Crippen LogP contribution in [0.1, 0.15) is 28.1 Å². The number of hydrogen-bond donors (Lipinski definition) is 1. The van der Waals surface area contributed by atoms with E-state index in [1.54, 1.807) is 21.9 Å². The summed E-state index contributed by atoms with van der Waals surface area (Å²) in [5.41, 5.74) is 2.86. The molecule has 1 aromatic carbocycles. The van der Waals surface area contributed by atoms with E-state index in [9.17, 15) is 14.4 Å². The maximum Gasteiger partial charge on any atom is 0.289 e. The lowest BCUT2D eigenvalue weighted by Gasteiger charge is -2.34. The SMILES string of the molecule is Cc1cccc(C)c1NC(=O)C1CC1C(=O)N1CCN(C(=O)c2ccco2)CC1. The number of rotatable bonds is 4. The number of amides is 3. The normalized spacial score (nSPS) is 21.0. The lowest BCUT2D eigenvalue weighted by atomic mass is 10.1. The lowest BCUT2D eigenvalue weighted by Crippen LogP contribution is -2.51. The predicted octanol–water partition coefficient (Wildman–Crippen LogP) is 2.46. The summed E-state index contributed by atoms with van der Waals surface area (Å²) in [6.45, 7) is 5.82. The smallest absolute Gasteiger partial charge is 0.289 e. The third-order valence-corrected chi connectivity index (χ3v) is 5.78. The summed E-state index contributed by atoms with van der Waals surface area (Å²) in [7, 11) is 0. The molecule has 152 valence electrons. The van der Waals surface area contributed by atoms with Gasteiger partial charge in [-0.3, -0.25) is 14.4 Å². The second-order valence-corrected chi connectivity index (χ2v) is 7.80. The van der Waals surface area contributed by atoms with Crippen LogP contribution in [0.2, 0.25) is 0 Å². The van der Waals surface area contributed by atoms with E-state index in [0.717, 1.165) is 16.8 Å². The molecule has 0 radical (unpaired) electrons. The van der Waals surface area contributed by atoms with E-state index in [-0.39, 0.29) is 29.6 Å². The summed E-state index contributed by atoms with van der Waals surface area (Å²) in [5.74, 6) is -0.449. The molecule has 2 heterocycles. The Morgan fingerprint density at radius 1 is 0.931 bits per heavy atom. The fourth-order valence-corrected chi connectivity index (χ4v) is 3.91. The van der Waals surface area contributed by atoms with E-state index >= 15 is 0 Å². The molecule has 29 heavy (non-hydrogen) atoms. The molecule has 3 amide bonds. The van der Waals surface area contributed by atoms with E-state index in [0.29, 0.717) is 38.4 Å². The minimum atomic E-state index is -0.274. The molecule has 1 N–H and O–H groups in total. The van der Waals surface area contributed by atoms with Crippen molar-refractivity contribution in [3.8, 4) is 0 Å². The van der Waals surface area contributed by atoms with Gasteiger partial charge in [0.1, 0.15) is 0 Å². The molecule has 2 aliphatic rings. The molecular weight excluding hydrogens is 370 g/mol. The predicted molar refractivity (Wildman–Crippen MR) is 107 cm³/mol. The molecule has 1 aliphatic heterocycles. The number of carbonyl (C=O) groups excluding carboxylic acids is 3. The number of aryl methyl sites for hydroxylation is 2. The third kappa shape index (κ3) is 3.90. The topological polar surface area (TPSA) is 82.9 Å². The van der Waals surface area contributed by atoms with Crippen LogP contribution in [0.3, 0.4) is 0 Å². The van der Waals surface area contributed by atoms with E-state index in [2.05, 4.69) is 5.32 Å². The molecule has 0 spiro atoms. The molecule has 0 bridgehead atoms. The second-order valence-electron chi connectivity index (χ2n) is 7.80. The van der Waals surface area contributed by atoms with Gasteiger partial charge in [0.05, 0.1) is 18.1 Å². The summed E-state index contributed by atoms with van der Waals surface area (Å²) >= 11 is 0. The summed E-state index contributed by atoms with van der Waals surface area (Å²) in [6, 6.07) is 9.20. The monoisotopic (exact) mass is 395 g/mol. The Morgan fingerprint density at radius 3 is 2.21 bits per heavy atom. The van der Waals surface area contributed by atoms with E-state index in [1.807, 2.05) is 32.0 Å². The second kappa shape index (κ2) is 7.73. The molecule has 2 fully saturated rings. The molecule has 2 aromatic rings. The fourth-order valence-electron chi connectivity index (χ4n) is 3.91. The van der Waals surface area contributed by atoms with Crippen molar-refractivity contribution in [2.45, 2.75) is 20.3 Å². The zero-order valence-electron chi connectivity index (χ0n) is 16.7. The standard InChI is InChI=1S/C22H25N3O4/c1-14-5-3-6-15(2)19(14)23-20(26)16-13-17(16)21(27)24-8-10-25(11-9-24)22(28)18-7-4-12-29-18/h3-7,12,16-17H,8-11,13H2,1-2H3,(H,23,26). The van der Waals surface area contributed by atoms with Crippen molar-refractivity contribution in [3.63, 3.8) is 0 Å². The Balaban J connectivity index is 1.29. The average molecular weight is 395 g/mol. The molecule has 1 saturated heterocycles. The number of piperazine rings is 1. The number of furan rings is 1. The van der Waals surface area contributed by atoms with Gasteiger partial charge >= 0.3 is 0 Å². The zero-order chi connectivity index (χ0) is 20.5.